The van der Waals surface area contributed by atoms with E-state index in [9.17, 15) is 4.79 Å². The third-order valence-corrected chi connectivity index (χ3v) is 4.12. The van der Waals surface area contributed by atoms with Crippen molar-refractivity contribution in [1.82, 2.24) is 0 Å². The number of nitrogens with two attached hydrogens (primary N) is 1. The van der Waals surface area contributed by atoms with E-state index in [1.165, 1.54) is 0 Å². The monoisotopic (exact) mass is 359 g/mol. The number of primary amides is 1. The smallest absolute Gasteiger partial charge is 0.253 e. The predicted octanol–water partition coefficient (Wildman–Crippen LogP) is 5.60. The van der Waals surface area contributed by atoms with Gasteiger partial charge in [0.15, 0.2) is 0 Å². The van der Waals surface area contributed by atoms with Gasteiger partial charge >= 0.3 is 0 Å². The minimum atomic E-state index is -0.516. The number of hydrogen-bond donors (Lipinski definition) is 1. The molecule has 1 amide bonds. The van der Waals surface area contributed by atoms with Crippen LogP contribution in [0, 0.1) is 0 Å². The fourth-order valence-electron chi connectivity index (χ4n) is 2.96. The molecule has 3 heteroatoms. The summed E-state index contributed by atoms with van der Waals surface area (Å²) < 4.78 is 5.46. The Hall–Kier alpha value is -3.33. The zero-order chi connectivity index (χ0) is 19.6. The summed E-state index contributed by atoms with van der Waals surface area (Å²) >= 11 is 0. The number of carbonyl (C=O) groups is 1. The molecule has 0 heterocycles. The molecule has 2 rings (SSSR count). The molecule has 2 N–H and O–H groups in total. The van der Waals surface area contributed by atoms with Crippen molar-refractivity contribution in [2.75, 3.05) is 7.11 Å². The van der Waals surface area contributed by atoms with Crippen LogP contribution < -0.4 is 10.5 Å². The quantitative estimate of drug-likeness (QED) is 0.468. The number of fused-ring (bicyclic) bond motifs is 1. The number of methoxy groups -OCH3 is 1. The number of ether oxygens (including phenoxy) is 1. The first-order valence-corrected chi connectivity index (χ1v) is 8.78. The normalized spacial score (nSPS) is 12.0. The van der Waals surface area contributed by atoms with Gasteiger partial charge in [0.1, 0.15) is 5.75 Å². The molecular weight excluding hydrogens is 334 g/mol. The van der Waals surface area contributed by atoms with Gasteiger partial charge in [-0.2, -0.15) is 0 Å². The predicted molar refractivity (Wildman–Crippen MR) is 115 cm³/mol. The lowest BCUT2D eigenvalue weighted by atomic mass is 9.90. The molecule has 2 aromatic carbocycles. The molecule has 138 valence electrons. The van der Waals surface area contributed by atoms with Crippen LogP contribution in [-0.4, -0.2) is 13.0 Å². The van der Waals surface area contributed by atoms with E-state index in [1.807, 2.05) is 72.9 Å². The van der Waals surface area contributed by atoms with Crippen molar-refractivity contribution >= 4 is 22.3 Å². The molecule has 0 radical (unpaired) electrons. The van der Waals surface area contributed by atoms with Crippen LogP contribution in [0.25, 0.3) is 16.3 Å². The van der Waals surface area contributed by atoms with Crippen molar-refractivity contribution in [3.8, 4) is 5.75 Å². The van der Waals surface area contributed by atoms with E-state index >= 15 is 0 Å². The number of benzene rings is 2. The maximum Gasteiger partial charge on any atom is 0.253 e. The Balaban J connectivity index is 2.69. The highest BCUT2D eigenvalue weighted by atomic mass is 16.5. The standard InChI is InChI=1S/C24H25NO2/c1-4-6-7-8-9-10-14-18(13-5-2)22-20-16-12-11-15-19(20)17-21(27-3)23(22)24(25)26/h4-5,7-12,14-17H,1-2,6,13H2,3H3,(H2,25,26). The molecule has 0 aliphatic rings. The van der Waals surface area contributed by atoms with Gasteiger partial charge in [0.25, 0.3) is 5.91 Å². The second-order valence-corrected chi connectivity index (χ2v) is 5.94. The van der Waals surface area contributed by atoms with Gasteiger partial charge in [-0.05, 0) is 35.3 Å². The van der Waals surface area contributed by atoms with Crippen molar-refractivity contribution < 1.29 is 9.53 Å². The molecule has 0 spiro atoms. The number of hydrogen-bond acceptors (Lipinski definition) is 2. The van der Waals surface area contributed by atoms with E-state index in [-0.39, 0.29) is 0 Å². The Kier molecular flexibility index (Phi) is 7.38. The number of carbonyl (C=O) groups excluding carboxylic acids is 1. The number of amides is 1. The first kappa shape index (κ1) is 20.0. The van der Waals surface area contributed by atoms with Gasteiger partial charge in [-0.3, -0.25) is 4.79 Å². The maximum atomic E-state index is 12.3. The van der Waals surface area contributed by atoms with E-state index in [0.717, 1.165) is 28.3 Å². The van der Waals surface area contributed by atoms with Gasteiger partial charge in [0.05, 0.1) is 12.7 Å². The van der Waals surface area contributed by atoms with E-state index in [1.54, 1.807) is 7.11 Å². The summed E-state index contributed by atoms with van der Waals surface area (Å²) in [5.41, 5.74) is 7.84. The molecule has 0 saturated carbocycles. The highest BCUT2D eigenvalue weighted by Gasteiger charge is 2.20. The molecular formula is C24H25NO2. The Labute approximate surface area is 160 Å². The fourth-order valence-corrected chi connectivity index (χ4v) is 2.96. The largest absolute Gasteiger partial charge is 0.496 e. The van der Waals surface area contributed by atoms with Gasteiger partial charge in [0, 0.05) is 5.56 Å². The highest BCUT2D eigenvalue weighted by molar-refractivity contribution is 6.09. The second kappa shape index (κ2) is 9.97. The Bertz CT molecular complexity index is 933. The van der Waals surface area contributed by atoms with Gasteiger partial charge in [0.2, 0.25) is 0 Å². The first-order valence-electron chi connectivity index (χ1n) is 8.78. The highest BCUT2D eigenvalue weighted by Crippen LogP contribution is 2.36. The van der Waals surface area contributed by atoms with Crippen molar-refractivity contribution in [2.24, 2.45) is 5.73 Å². The lowest BCUT2D eigenvalue weighted by Gasteiger charge is -2.17. The van der Waals surface area contributed by atoms with Crippen molar-refractivity contribution in [2.45, 2.75) is 12.8 Å². The van der Waals surface area contributed by atoms with Crippen LogP contribution in [0.3, 0.4) is 0 Å². The topological polar surface area (TPSA) is 52.3 Å². The van der Waals surface area contributed by atoms with E-state index in [4.69, 9.17) is 10.5 Å². The van der Waals surface area contributed by atoms with Crippen molar-refractivity contribution in [1.29, 1.82) is 0 Å². The van der Waals surface area contributed by atoms with Crippen LogP contribution in [0.5, 0.6) is 5.75 Å². The third kappa shape index (κ3) is 4.85. The van der Waals surface area contributed by atoms with Gasteiger partial charge in [-0.1, -0.05) is 66.8 Å². The molecule has 0 bridgehead atoms. The average Bonchev–Trinajstić information content (AvgIpc) is 2.68. The summed E-state index contributed by atoms with van der Waals surface area (Å²) in [6.07, 6.45) is 14.9. The minimum absolute atomic E-state index is 0.389. The Morgan fingerprint density at radius 2 is 1.89 bits per heavy atom. The zero-order valence-corrected chi connectivity index (χ0v) is 15.7. The Morgan fingerprint density at radius 3 is 2.56 bits per heavy atom. The lowest BCUT2D eigenvalue weighted by Crippen LogP contribution is -2.15. The van der Waals surface area contributed by atoms with Gasteiger partial charge in [-0.25, -0.2) is 0 Å². The first-order chi connectivity index (χ1) is 13.1. The van der Waals surface area contributed by atoms with Crippen LogP contribution >= 0.6 is 0 Å². The lowest BCUT2D eigenvalue weighted by molar-refractivity contribution is 0.0997. The molecule has 0 atom stereocenters. The van der Waals surface area contributed by atoms with Crippen LogP contribution in [0.2, 0.25) is 0 Å². The molecule has 0 saturated heterocycles. The molecule has 0 fully saturated rings. The zero-order valence-electron chi connectivity index (χ0n) is 15.7. The number of allylic oxidation sites excluding steroid dienone is 8. The van der Waals surface area contributed by atoms with E-state index in [0.29, 0.717) is 17.7 Å². The molecule has 0 unspecified atom stereocenters. The fraction of sp³-hybridized carbons (Fsp3) is 0.125. The van der Waals surface area contributed by atoms with E-state index in [2.05, 4.69) is 13.2 Å². The number of rotatable bonds is 9. The molecule has 0 aliphatic heterocycles. The summed E-state index contributed by atoms with van der Waals surface area (Å²) in [6, 6.07) is 9.73. The van der Waals surface area contributed by atoms with Crippen LogP contribution in [0.1, 0.15) is 28.8 Å². The van der Waals surface area contributed by atoms with Gasteiger partial charge < -0.3 is 10.5 Å². The molecule has 0 aliphatic carbocycles. The molecule has 3 nitrogen and oxygen atoms in total. The van der Waals surface area contributed by atoms with Crippen LogP contribution in [-0.2, 0) is 0 Å². The van der Waals surface area contributed by atoms with Gasteiger partial charge in [-0.15, -0.1) is 13.2 Å². The van der Waals surface area contributed by atoms with Crippen molar-refractivity contribution in [3.05, 3.63) is 97.1 Å². The average molecular weight is 359 g/mol. The summed E-state index contributed by atoms with van der Waals surface area (Å²) in [7, 11) is 1.54. The van der Waals surface area contributed by atoms with E-state index < -0.39 is 5.91 Å². The third-order valence-electron chi connectivity index (χ3n) is 4.12. The van der Waals surface area contributed by atoms with Crippen LogP contribution in [0.4, 0.5) is 0 Å². The maximum absolute atomic E-state index is 12.3. The Morgan fingerprint density at radius 1 is 1.11 bits per heavy atom. The summed E-state index contributed by atoms with van der Waals surface area (Å²) in [4.78, 5) is 12.3. The summed E-state index contributed by atoms with van der Waals surface area (Å²) in [5, 5.41) is 1.94. The SMILES string of the molecule is C=CCC=CC=CC=C(CC=C)c1c(C(N)=O)c(OC)cc2ccccc12. The molecule has 27 heavy (non-hydrogen) atoms. The second-order valence-electron chi connectivity index (χ2n) is 5.94. The van der Waals surface area contributed by atoms with Crippen LogP contribution in [0.15, 0.2) is 86.0 Å². The summed E-state index contributed by atoms with van der Waals surface area (Å²) in [6.45, 7) is 7.54. The van der Waals surface area contributed by atoms with Crippen molar-refractivity contribution in [3.63, 3.8) is 0 Å². The molecule has 2 aromatic rings. The molecule has 0 aromatic heterocycles. The summed E-state index contributed by atoms with van der Waals surface area (Å²) in [5.74, 6) is -0.0431. The minimum Gasteiger partial charge on any atom is -0.496 e.